The second-order valence-corrected chi connectivity index (χ2v) is 18.6. The number of carboxylic acid groups (broad SMARTS) is 1. The summed E-state index contributed by atoms with van der Waals surface area (Å²) in [6.07, 6.45) is 14.7. The zero-order chi connectivity index (χ0) is 46.0. The predicted octanol–water partition coefficient (Wildman–Crippen LogP) is 11.1. The number of carbonyl (C=O) groups is 2. The third kappa shape index (κ3) is 12.0. The van der Waals surface area contributed by atoms with Gasteiger partial charge in [0.25, 0.3) is 0 Å². The minimum absolute atomic E-state index is 0.00344. The molecule has 0 saturated carbocycles. The van der Waals surface area contributed by atoms with Crippen LogP contribution in [0.5, 0.6) is 11.5 Å². The molecule has 338 valence electrons. The van der Waals surface area contributed by atoms with Gasteiger partial charge in [-0.05, 0) is 118 Å². The van der Waals surface area contributed by atoms with E-state index in [0.29, 0.717) is 17.9 Å². The number of alkyl halides is 1. The van der Waals surface area contributed by atoms with Crippen molar-refractivity contribution >= 4 is 23.5 Å². The van der Waals surface area contributed by atoms with Gasteiger partial charge in [-0.3, -0.25) is 9.59 Å². The van der Waals surface area contributed by atoms with Crippen LogP contribution >= 0.6 is 11.6 Å². The van der Waals surface area contributed by atoms with Crippen LogP contribution in [0.4, 0.5) is 0 Å². The van der Waals surface area contributed by atoms with Crippen LogP contribution in [0.1, 0.15) is 134 Å². The fraction of sp³-hybridized carbons (Fsp3) is 0.396. The topological polar surface area (TPSA) is 129 Å². The Morgan fingerprint density at radius 2 is 1.20 bits per heavy atom. The molecule has 10 nitrogen and oxygen atoms in total. The number of halogens is 1. The highest BCUT2D eigenvalue weighted by molar-refractivity contribution is 6.17. The highest BCUT2D eigenvalue weighted by Crippen LogP contribution is 2.38. The monoisotopic (exact) mass is 886 g/mol. The number of aromatic nitrogens is 4. The number of carbonyl (C=O) groups excluding carboxylic acids is 1. The van der Waals surface area contributed by atoms with Crippen LogP contribution in [-0.2, 0) is 64.6 Å². The summed E-state index contributed by atoms with van der Waals surface area (Å²) < 4.78 is 14.5. The van der Waals surface area contributed by atoms with E-state index in [4.69, 9.17) is 21.1 Å². The molecule has 0 amide bonds. The van der Waals surface area contributed by atoms with Crippen LogP contribution in [0.3, 0.4) is 0 Å². The van der Waals surface area contributed by atoms with E-state index in [0.717, 1.165) is 34.9 Å². The van der Waals surface area contributed by atoms with Crippen molar-refractivity contribution in [1.82, 2.24) is 19.1 Å². The number of fused-ring (bicyclic) bond motifs is 2. The molecule has 8 rings (SSSR count). The Bertz CT molecular complexity index is 2490. The summed E-state index contributed by atoms with van der Waals surface area (Å²) in [5.41, 5.74) is 10.8. The molecule has 2 N–H and O–H groups in total. The number of aromatic hydroxyl groups is 1. The summed E-state index contributed by atoms with van der Waals surface area (Å²) in [5.74, 6) is 1.52. The van der Waals surface area contributed by atoms with E-state index < -0.39 is 5.97 Å². The number of aryl methyl sites for hydroxylation is 4. The summed E-state index contributed by atoms with van der Waals surface area (Å²) >= 11 is 5.84. The number of hydrogen-bond donors (Lipinski definition) is 2. The molecule has 2 aliphatic carbocycles. The second kappa shape index (κ2) is 21.2. The van der Waals surface area contributed by atoms with E-state index in [1.165, 1.54) is 72.6 Å². The fourth-order valence-corrected chi connectivity index (χ4v) is 9.31. The lowest BCUT2D eigenvalue weighted by Crippen LogP contribution is -2.23. The van der Waals surface area contributed by atoms with Crippen LogP contribution in [0.15, 0.2) is 110 Å². The van der Waals surface area contributed by atoms with Crippen molar-refractivity contribution in [2.45, 2.75) is 114 Å². The van der Waals surface area contributed by atoms with Gasteiger partial charge < -0.3 is 28.8 Å². The van der Waals surface area contributed by atoms with Gasteiger partial charge in [0.15, 0.2) is 0 Å². The number of benzene rings is 4. The maximum Gasteiger partial charge on any atom is 0.306 e. The maximum atomic E-state index is 11.6. The molecular formula is C53H63ClN4O6. The van der Waals surface area contributed by atoms with Crippen molar-refractivity contribution in [3.63, 3.8) is 0 Å². The molecule has 2 atom stereocenters. The lowest BCUT2D eigenvalue weighted by molar-refractivity contribution is -0.141. The molecule has 0 radical (unpaired) electrons. The Morgan fingerprint density at radius 3 is 1.67 bits per heavy atom. The fourth-order valence-electron chi connectivity index (χ4n) is 9.15. The number of nitrogens with zero attached hydrogens (tertiary/aromatic N) is 4. The molecule has 6 aromatic rings. The summed E-state index contributed by atoms with van der Waals surface area (Å²) in [6.45, 7) is 9.85. The van der Waals surface area contributed by atoms with Gasteiger partial charge in [0.2, 0.25) is 0 Å². The van der Waals surface area contributed by atoms with Crippen LogP contribution in [0.2, 0.25) is 0 Å². The van der Waals surface area contributed by atoms with Gasteiger partial charge in [-0.2, -0.15) is 0 Å². The lowest BCUT2D eigenvalue weighted by atomic mass is 9.72. The van der Waals surface area contributed by atoms with Gasteiger partial charge >= 0.3 is 11.9 Å². The van der Waals surface area contributed by atoms with Crippen molar-refractivity contribution in [2.24, 2.45) is 14.1 Å². The molecule has 2 heterocycles. The lowest BCUT2D eigenvalue weighted by Gasteiger charge is -2.32. The van der Waals surface area contributed by atoms with Crippen molar-refractivity contribution in [3.05, 3.63) is 166 Å². The van der Waals surface area contributed by atoms with E-state index in [9.17, 15) is 19.8 Å². The first-order valence-corrected chi connectivity index (χ1v) is 22.7. The zero-order valence-electron chi connectivity index (χ0n) is 38.3. The van der Waals surface area contributed by atoms with E-state index in [-0.39, 0.29) is 41.8 Å². The number of ether oxygens (including phenoxy) is 2. The molecule has 0 bridgehead atoms. The molecular weight excluding hydrogens is 824 g/mol. The quantitative estimate of drug-likeness (QED) is 0.0918. The van der Waals surface area contributed by atoms with Gasteiger partial charge in [0.05, 0.1) is 31.8 Å². The van der Waals surface area contributed by atoms with E-state index in [2.05, 4.69) is 74.1 Å². The van der Waals surface area contributed by atoms with Gasteiger partial charge in [-0.1, -0.05) is 88.4 Å². The molecule has 2 aromatic heterocycles. The minimum Gasteiger partial charge on any atom is -0.508 e. The molecule has 64 heavy (non-hydrogen) atoms. The first-order chi connectivity index (χ1) is 30.6. The zero-order valence-corrected chi connectivity index (χ0v) is 39.1. The average molecular weight is 888 g/mol. The minimum atomic E-state index is -0.844. The number of phenols is 1. The standard InChI is InChI=1S/C26H30N2O3.C14H16N2O3.C13H17Cl/c1-26(2)12-4-5-20-15-18(6-11-23(20)26)17-31-21-9-7-19(8-10-21)22(16-24(29)30)25-27-13-14-28(25)3;1-16-8-7-15-14(16)12(9-13(18)19-2)10-3-5-11(17)6-4-10;1-13(2)7-3-4-11-8-10(9-14)5-6-12(11)13/h6-11,13-15,22H,4-5,12,16-17H2,1-3H3,(H,29,30);3-8,12,17H,9H2,1-2H3;5-6,8H,3-4,7,9H2,1-2H3/t22-;12-;/m00./s1. The molecule has 0 saturated heterocycles. The smallest absolute Gasteiger partial charge is 0.306 e. The van der Waals surface area contributed by atoms with Crippen LogP contribution in [-0.4, -0.2) is 48.4 Å². The number of phenolic OH excluding ortho intramolecular Hbond substituents is 1. The Kier molecular flexibility index (Phi) is 15.8. The molecule has 0 aliphatic heterocycles. The number of methoxy groups -OCH3 is 1. The molecule has 4 aromatic carbocycles. The van der Waals surface area contributed by atoms with Crippen molar-refractivity contribution < 1.29 is 29.3 Å². The van der Waals surface area contributed by atoms with Gasteiger partial charge in [0, 0.05) is 44.8 Å². The van der Waals surface area contributed by atoms with Crippen molar-refractivity contribution in [3.8, 4) is 11.5 Å². The Morgan fingerprint density at radius 1 is 0.719 bits per heavy atom. The Labute approximate surface area is 383 Å². The van der Waals surface area contributed by atoms with E-state index >= 15 is 0 Å². The number of carboxylic acids is 1. The first-order valence-electron chi connectivity index (χ1n) is 22.1. The SMILES string of the molecule is CC1(C)CCCc2cc(CCl)ccc21.COC(=O)C[C@@H](c1ccc(O)cc1)c1nccn1C.Cn1ccnc1[C@@H](CC(=O)O)c1ccc(OCc2ccc3c(c2)CCCC3(C)C)cc1. The largest absolute Gasteiger partial charge is 0.508 e. The van der Waals surface area contributed by atoms with Crippen molar-refractivity contribution in [1.29, 1.82) is 0 Å². The molecule has 2 aliphatic rings. The number of aliphatic carboxylic acids is 1. The van der Waals surface area contributed by atoms with Gasteiger partial charge in [-0.25, -0.2) is 9.97 Å². The highest BCUT2D eigenvalue weighted by Gasteiger charge is 2.29. The third-order valence-electron chi connectivity index (χ3n) is 12.7. The van der Waals surface area contributed by atoms with E-state index in [1.54, 1.807) is 36.7 Å². The van der Waals surface area contributed by atoms with Gasteiger partial charge in [-0.15, -0.1) is 11.6 Å². The number of rotatable bonds is 12. The van der Waals surface area contributed by atoms with E-state index in [1.807, 2.05) is 59.9 Å². The first kappa shape index (κ1) is 47.6. The number of hydrogen-bond acceptors (Lipinski definition) is 7. The summed E-state index contributed by atoms with van der Waals surface area (Å²) in [5, 5.41) is 18.7. The highest BCUT2D eigenvalue weighted by atomic mass is 35.5. The molecule has 0 fully saturated rings. The summed E-state index contributed by atoms with van der Waals surface area (Å²) in [4.78, 5) is 31.6. The summed E-state index contributed by atoms with van der Waals surface area (Å²) in [6, 6.07) is 27.9. The van der Waals surface area contributed by atoms with Crippen molar-refractivity contribution in [2.75, 3.05) is 7.11 Å². The number of imidazole rings is 2. The summed E-state index contributed by atoms with van der Waals surface area (Å²) in [7, 11) is 5.13. The predicted molar refractivity (Wildman–Crippen MR) is 252 cm³/mol. The Balaban J connectivity index is 0.000000175. The average Bonchev–Trinajstić information content (AvgIpc) is 3.91. The normalized spacial score (nSPS) is 15.4. The van der Waals surface area contributed by atoms with Crippen LogP contribution in [0, 0.1) is 0 Å². The molecule has 0 unspecified atom stereocenters. The molecule has 0 spiro atoms. The Hall–Kier alpha value is -5.87. The maximum absolute atomic E-state index is 11.6. The number of esters is 1. The van der Waals surface area contributed by atoms with Crippen LogP contribution in [0.25, 0.3) is 0 Å². The third-order valence-corrected chi connectivity index (χ3v) is 13.1. The molecule has 11 heteroatoms. The van der Waals surface area contributed by atoms with Gasteiger partial charge in [0.1, 0.15) is 29.8 Å². The second-order valence-electron chi connectivity index (χ2n) is 18.3. The van der Waals surface area contributed by atoms with Crippen LogP contribution < -0.4 is 4.74 Å².